The minimum absolute atomic E-state index is 0.0164. The minimum atomic E-state index is -0.0164. The maximum atomic E-state index is 4.38. The molecule has 0 aromatic carbocycles. The predicted octanol–water partition coefficient (Wildman–Crippen LogP) is 1.95. The van der Waals surface area contributed by atoms with Crippen LogP contribution in [0.15, 0.2) is 6.33 Å². The molecule has 0 bridgehead atoms. The van der Waals surface area contributed by atoms with Crippen LogP contribution in [0.25, 0.3) is 5.78 Å². The van der Waals surface area contributed by atoms with Crippen LogP contribution in [0.4, 0.5) is 5.82 Å². The zero-order chi connectivity index (χ0) is 11.9. The average molecular weight is 219 g/mol. The Kier molecular flexibility index (Phi) is 2.33. The van der Waals surface area contributed by atoms with E-state index in [1.807, 2.05) is 13.8 Å². The van der Waals surface area contributed by atoms with Gasteiger partial charge >= 0.3 is 0 Å². The molecule has 86 valence electrons. The molecule has 2 rings (SSSR count). The molecule has 5 nitrogen and oxygen atoms in total. The van der Waals surface area contributed by atoms with Crippen LogP contribution in [0.5, 0.6) is 0 Å². The number of aryl methyl sites for hydroxylation is 1. The number of anilines is 1. The molecule has 0 saturated carbocycles. The van der Waals surface area contributed by atoms with E-state index in [1.54, 1.807) is 4.52 Å². The Morgan fingerprint density at radius 2 is 1.94 bits per heavy atom. The van der Waals surface area contributed by atoms with Crippen molar-refractivity contribution < 1.29 is 0 Å². The van der Waals surface area contributed by atoms with Crippen molar-refractivity contribution in [3.63, 3.8) is 0 Å². The summed E-state index contributed by atoms with van der Waals surface area (Å²) in [6.45, 7) is 10.4. The number of hydrogen-bond donors (Lipinski definition) is 1. The number of rotatable bonds is 1. The van der Waals surface area contributed by atoms with Gasteiger partial charge in [0, 0.05) is 16.8 Å². The van der Waals surface area contributed by atoms with Crippen molar-refractivity contribution >= 4 is 11.6 Å². The molecular formula is C11H17N5. The molecule has 0 aliphatic carbocycles. The zero-order valence-corrected chi connectivity index (χ0v) is 10.4. The maximum absolute atomic E-state index is 4.38. The molecule has 0 atom stereocenters. The summed E-state index contributed by atoms with van der Waals surface area (Å²) in [5, 5.41) is 7.63. The van der Waals surface area contributed by atoms with Crippen LogP contribution in [0.1, 0.15) is 32.0 Å². The first-order valence-corrected chi connectivity index (χ1v) is 5.33. The summed E-state index contributed by atoms with van der Waals surface area (Å²) < 4.78 is 1.74. The Bertz CT molecular complexity index is 521. The van der Waals surface area contributed by atoms with E-state index in [2.05, 4.69) is 41.2 Å². The molecule has 0 aliphatic heterocycles. The fourth-order valence-electron chi connectivity index (χ4n) is 1.54. The van der Waals surface area contributed by atoms with Gasteiger partial charge in [-0.1, -0.05) is 0 Å². The highest BCUT2D eigenvalue weighted by atomic mass is 15.4. The summed E-state index contributed by atoms with van der Waals surface area (Å²) in [6, 6.07) is 0. The van der Waals surface area contributed by atoms with E-state index >= 15 is 0 Å². The summed E-state index contributed by atoms with van der Waals surface area (Å²) in [7, 11) is 0. The minimum Gasteiger partial charge on any atom is -0.365 e. The van der Waals surface area contributed by atoms with Gasteiger partial charge in [0.2, 0.25) is 0 Å². The van der Waals surface area contributed by atoms with E-state index in [0.717, 1.165) is 17.1 Å². The van der Waals surface area contributed by atoms with Crippen LogP contribution >= 0.6 is 0 Å². The van der Waals surface area contributed by atoms with Gasteiger partial charge in [-0.2, -0.15) is 14.6 Å². The van der Waals surface area contributed by atoms with Crippen LogP contribution in [0.2, 0.25) is 0 Å². The monoisotopic (exact) mass is 219 g/mol. The van der Waals surface area contributed by atoms with Crippen LogP contribution in [-0.2, 0) is 0 Å². The molecule has 0 amide bonds. The van der Waals surface area contributed by atoms with Gasteiger partial charge in [0.15, 0.2) is 0 Å². The normalized spacial score (nSPS) is 12.1. The lowest BCUT2D eigenvalue weighted by atomic mass is 10.1. The summed E-state index contributed by atoms with van der Waals surface area (Å²) in [5.74, 6) is 1.60. The van der Waals surface area contributed by atoms with Crippen LogP contribution < -0.4 is 5.32 Å². The van der Waals surface area contributed by atoms with E-state index in [0.29, 0.717) is 5.78 Å². The van der Waals surface area contributed by atoms with Gasteiger partial charge in [0.25, 0.3) is 5.78 Å². The summed E-state index contributed by atoms with van der Waals surface area (Å²) in [5.41, 5.74) is 2.07. The van der Waals surface area contributed by atoms with Crippen LogP contribution in [0, 0.1) is 13.8 Å². The summed E-state index contributed by atoms with van der Waals surface area (Å²) in [4.78, 5) is 8.49. The smallest absolute Gasteiger partial charge is 0.254 e. The van der Waals surface area contributed by atoms with Crippen LogP contribution in [0.3, 0.4) is 0 Å². The van der Waals surface area contributed by atoms with E-state index in [4.69, 9.17) is 0 Å². The van der Waals surface area contributed by atoms with Gasteiger partial charge in [-0.3, -0.25) is 0 Å². The first-order chi connectivity index (χ1) is 7.38. The van der Waals surface area contributed by atoms with Crippen molar-refractivity contribution in [2.45, 2.75) is 40.2 Å². The molecule has 16 heavy (non-hydrogen) atoms. The van der Waals surface area contributed by atoms with Crippen molar-refractivity contribution in [3.8, 4) is 0 Å². The van der Waals surface area contributed by atoms with E-state index < -0.39 is 0 Å². The lowest BCUT2D eigenvalue weighted by Crippen LogP contribution is -2.28. The predicted molar refractivity (Wildman–Crippen MR) is 63.6 cm³/mol. The molecular weight excluding hydrogens is 202 g/mol. The third-order valence-corrected chi connectivity index (χ3v) is 2.40. The van der Waals surface area contributed by atoms with Gasteiger partial charge < -0.3 is 5.32 Å². The lowest BCUT2D eigenvalue weighted by Gasteiger charge is -2.24. The molecule has 0 aliphatic rings. The van der Waals surface area contributed by atoms with Gasteiger partial charge in [-0.15, -0.1) is 0 Å². The Morgan fingerprint density at radius 3 is 2.56 bits per heavy atom. The molecule has 0 saturated heterocycles. The number of nitrogens with zero attached hydrogens (tertiary/aromatic N) is 4. The van der Waals surface area contributed by atoms with E-state index in [9.17, 15) is 0 Å². The topological polar surface area (TPSA) is 55.1 Å². The first-order valence-electron chi connectivity index (χ1n) is 5.33. The van der Waals surface area contributed by atoms with Crippen LogP contribution in [-0.4, -0.2) is 25.1 Å². The quantitative estimate of drug-likeness (QED) is 0.796. The third kappa shape index (κ3) is 1.85. The van der Waals surface area contributed by atoms with Crippen molar-refractivity contribution in [1.82, 2.24) is 19.6 Å². The largest absolute Gasteiger partial charge is 0.365 e. The first kappa shape index (κ1) is 10.9. The van der Waals surface area contributed by atoms with E-state index in [1.165, 1.54) is 6.33 Å². The SMILES string of the molecule is Cc1nc2ncnn2c(NC(C)(C)C)c1C. The Balaban J connectivity index is 2.65. The Morgan fingerprint density at radius 1 is 1.25 bits per heavy atom. The summed E-state index contributed by atoms with van der Waals surface area (Å²) in [6.07, 6.45) is 1.52. The standard InChI is InChI=1S/C11H17N5/c1-7-8(2)14-10-12-6-13-16(10)9(7)15-11(3,4)5/h6,15H,1-5H3. The fraction of sp³-hybridized carbons (Fsp3) is 0.545. The van der Waals surface area contributed by atoms with Gasteiger partial charge in [-0.05, 0) is 34.6 Å². The van der Waals surface area contributed by atoms with E-state index in [-0.39, 0.29) is 5.54 Å². The average Bonchev–Trinajstić information content (AvgIpc) is 2.58. The number of fused-ring (bicyclic) bond motifs is 1. The summed E-state index contributed by atoms with van der Waals surface area (Å²) >= 11 is 0. The molecule has 2 aromatic rings. The zero-order valence-electron chi connectivity index (χ0n) is 10.4. The molecule has 2 aromatic heterocycles. The van der Waals surface area contributed by atoms with Crippen molar-refractivity contribution in [1.29, 1.82) is 0 Å². The highest BCUT2D eigenvalue weighted by molar-refractivity contribution is 5.52. The number of hydrogen-bond acceptors (Lipinski definition) is 4. The second-order valence-electron chi connectivity index (χ2n) is 5.02. The fourth-order valence-corrected chi connectivity index (χ4v) is 1.54. The second kappa shape index (κ2) is 3.43. The van der Waals surface area contributed by atoms with Gasteiger partial charge in [0.1, 0.15) is 12.1 Å². The lowest BCUT2D eigenvalue weighted by molar-refractivity contribution is 0.623. The Hall–Kier alpha value is -1.65. The molecule has 0 fully saturated rings. The Labute approximate surface area is 94.9 Å². The van der Waals surface area contributed by atoms with Crippen molar-refractivity contribution in [2.24, 2.45) is 0 Å². The maximum Gasteiger partial charge on any atom is 0.254 e. The van der Waals surface area contributed by atoms with Crippen molar-refractivity contribution in [2.75, 3.05) is 5.32 Å². The highest BCUT2D eigenvalue weighted by Gasteiger charge is 2.16. The third-order valence-electron chi connectivity index (χ3n) is 2.40. The number of nitrogens with one attached hydrogen (secondary N) is 1. The second-order valence-corrected chi connectivity index (χ2v) is 5.02. The molecule has 0 radical (unpaired) electrons. The molecule has 0 unspecified atom stereocenters. The number of aromatic nitrogens is 4. The van der Waals surface area contributed by atoms with Crippen molar-refractivity contribution in [3.05, 3.63) is 17.6 Å². The van der Waals surface area contributed by atoms with Gasteiger partial charge in [-0.25, -0.2) is 4.98 Å². The molecule has 1 N–H and O–H groups in total. The molecule has 0 spiro atoms. The molecule has 2 heterocycles. The van der Waals surface area contributed by atoms with Gasteiger partial charge in [0.05, 0.1) is 0 Å². The highest BCUT2D eigenvalue weighted by Crippen LogP contribution is 2.21. The molecule has 5 heteroatoms.